The highest BCUT2D eigenvalue weighted by Gasteiger charge is 2.19. The number of benzene rings is 1. The Morgan fingerprint density at radius 3 is 2.70 bits per heavy atom. The second-order valence-electron chi connectivity index (χ2n) is 4.70. The van der Waals surface area contributed by atoms with Crippen LogP contribution in [0, 0.1) is 5.82 Å². The SMILES string of the molecule is CCCCCCN(CCO)C(=O)c1cc(Cl)ccc1F. The zero-order valence-corrected chi connectivity index (χ0v) is 12.5. The van der Waals surface area contributed by atoms with Gasteiger partial charge in [0.25, 0.3) is 5.91 Å². The van der Waals surface area contributed by atoms with Gasteiger partial charge < -0.3 is 10.0 Å². The monoisotopic (exact) mass is 301 g/mol. The van der Waals surface area contributed by atoms with E-state index in [0.29, 0.717) is 11.6 Å². The van der Waals surface area contributed by atoms with E-state index >= 15 is 0 Å². The molecule has 1 aromatic carbocycles. The number of unbranched alkanes of at least 4 members (excludes halogenated alkanes) is 3. The van der Waals surface area contributed by atoms with Crippen molar-refractivity contribution in [3.05, 3.63) is 34.6 Å². The lowest BCUT2D eigenvalue weighted by atomic mass is 10.1. The lowest BCUT2D eigenvalue weighted by molar-refractivity contribution is 0.0713. The fourth-order valence-corrected chi connectivity index (χ4v) is 2.17. The van der Waals surface area contributed by atoms with Crippen LogP contribution in [0.25, 0.3) is 0 Å². The molecule has 0 spiro atoms. The van der Waals surface area contributed by atoms with Gasteiger partial charge in [-0.15, -0.1) is 0 Å². The average molecular weight is 302 g/mol. The summed E-state index contributed by atoms with van der Waals surface area (Å²) in [6, 6.07) is 3.92. The summed E-state index contributed by atoms with van der Waals surface area (Å²) in [5.41, 5.74) is -0.0403. The second kappa shape index (κ2) is 8.93. The maximum absolute atomic E-state index is 13.7. The molecule has 0 atom stereocenters. The van der Waals surface area contributed by atoms with Crippen molar-refractivity contribution in [1.82, 2.24) is 4.90 Å². The first kappa shape index (κ1) is 16.9. The van der Waals surface area contributed by atoms with Crippen molar-refractivity contribution in [2.24, 2.45) is 0 Å². The normalized spacial score (nSPS) is 10.6. The molecule has 3 nitrogen and oxygen atoms in total. The Balaban J connectivity index is 2.74. The minimum atomic E-state index is -0.587. The molecule has 0 aliphatic heterocycles. The van der Waals surface area contributed by atoms with E-state index in [-0.39, 0.29) is 18.7 Å². The van der Waals surface area contributed by atoms with Gasteiger partial charge in [0.05, 0.1) is 12.2 Å². The molecule has 0 saturated carbocycles. The van der Waals surface area contributed by atoms with Crippen LogP contribution < -0.4 is 0 Å². The molecule has 1 N–H and O–H groups in total. The van der Waals surface area contributed by atoms with Crippen molar-refractivity contribution < 1.29 is 14.3 Å². The maximum atomic E-state index is 13.7. The van der Waals surface area contributed by atoms with E-state index in [1.807, 2.05) is 0 Å². The van der Waals surface area contributed by atoms with Gasteiger partial charge in [-0.25, -0.2) is 4.39 Å². The number of halogens is 2. The van der Waals surface area contributed by atoms with Crippen molar-refractivity contribution in [3.8, 4) is 0 Å². The number of nitrogens with zero attached hydrogens (tertiary/aromatic N) is 1. The van der Waals surface area contributed by atoms with Crippen molar-refractivity contribution >= 4 is 17.5 Å². The van der Waals surface area contributed by atoms with E-state index in [1.54, 1.807) is 0 Å². The molecule has 0 aromatic heterocycles. The molecule has 20 heavy (non-hydrogen) atoms. The van der Waals surface area contributed by atoms with Crippen LogP contribution in [0.15, 0.2) is 18.2 Å². The molecule has 0 aliphatic carbocycles. The smallest absolute Gasteiger partial charge is 0.256 e. The van der Waals surface area contributed by atoms with Gasteiger partial charge in [0, 0.05) is 18.1 Å². The molecule has 112 valence electrons. The Hall–Kier alpha value is -1.13. The van der Waals surface area contributed by atoms with Crippen molar-refractivity contribution in [3.63, 3.8) is 0 Å². The van der Waals surface area contributed by atoms with Crippen LogP contribution in [0.1, 0.15) is 43.0 Å². The van der Waals surface area contributed by atoms with Crippen LogP contribution >= 0.6 is 11.6 Å². The number of carbonyl (C=O) groups excluding carboxylic acids is 1. The summed E-state index contributed by atoms with van der Waals surface area (Å²) in [6.45, 7) is 2.70. The number of amides is 1. The average Bonchev–Trinajstić information content (AvgIpc) is 2.44. The van der Waals surface area contributed by atoms with Crippen LogP contribution in [-0.2, 0) is 0 Å². The first-order chi connectivity index (χ1) is 9.60. The largest absolute Gasteiger partial charge is 0.395 e. The van der Waals surface area contributed by atoms with E-state index in [0.717, 1.165) is 25.7 Å². The van der Waals surface area contributed by atoms with Gasteiger partial charge in [-0.1, -0.05) is 37.8 Å². The molecule has 0 bridgehead atoms. The van der Waals surface area contributed by atoms with Crippen molar-refractivity contribution in [2.75, 3.05) is 19.7 Å². The van der Waals surface area contributed by atoms with Crippen LogP contribution in [0.4, 0.5) is 4.39 Å². The first-order valence-corrected chi connectivity index (χ1v) is 7.33. The number of hydrogen-bond donors (Lipinski definition) is 1. The minimum Gasteiger partial charge on any atom is -0.395 e. The molecule has 0 saturated heterocycles. The van der Waals surface area contributed by atoms with Gasteiger partial charge in [-0.3, -0.25) is 4.79 Å². The van der Waals surface area contributed by atoms with Crippen LogP contribution in [0.5, 0.6) is 0 Å². The zero-order valence-electron chi connectivity index (χ0n) is 11.7. The molecular formula is C15H21ClFNO2. The second-order valence-corrected chi connectivity index (χ2v) is 5.14. The lowest BCUT2D eigenvalue weighted by Gasteiger charge is -2.22. The molecule has 5 heteroatoms. The predicted octanol–water partition coefficient (Wildman–Crippen LogP) is 3.49. The summed E-state index contributed by atoms with van der Waals surface area (Å²) in [5.74, 6) is -1.01. The van der Waals surface area contributed by atoms with Gasteiger partial charge in [0.15, 0.2) is 0 Å². The van der Waals surface area contributed by atoms with Gasteiger partial charge in [-0.2, -0.15) is 0 Å². The summed E-state index contributed by atoms with van der Waals surface area (Å²) < 4.78 is 13.7. The fraction of sp³-hybridized carbons (Fsp3) is 0.533. The van der Waals surface area contributed by atoms with Crippen LogP contribution in [0.3, 0.4) is 0 Å². The Morgan fingerprint density at radius 1 is 1.30 bits per heavy atom. The van der Waals surface area contributed by atoms with Crippen LogP contribution in [-0.4, -0.2) is 35.6 Å². The Kier molecular flexibility index (Phi) is 7.55. The molecule has 1 aromatic rings. The number of rotatable bonds is 8. The number of aliphatic hydroxyl groups is 1. The molecular weight excluding hydrogens is 281 g/mol. The quantitative estimate of drug-likeness (QED) is 0.747. The summed E-state index contributed by atoms with van der Waals surface area (Å²) in [4.78, 5) is 13.8. The van der Waals surface area contributed by atoms with E-state index in [9.17, 15) is 9.18 Å². The zero-order chi connectivity index (χ0) is 15.0. The molecule has 0 aliphatic rings. The third-order valence-corrected chi connectivity index (χ3v) is 3.33. The molecule has 0 unspecified atom stereocenters. The first-order valence-electron chi connectivity index (χ1n) is 6.95. The van der Waals surface area contributed by atoms with Gasteiger partial charge in [0.2, 0.25) is 0 Å². The number of carbonyl (C=O) groups is 1. The summed E-state index contributed by atoms with van der Waals surface area (Å²) in [5, 5.41) is 9.37. The molecule has 1 rings (SSSR count). The van der Waals surface area contributed by atoms with Gasteiger partial charge in [-0.05, 0) is 24.6 Å². The van der Waals surface area contributed by atoms with E-state index < -0.39 is 11.7 Å². The van der Waals surface area contributed by atoms with Gasteiger partial charge >= 0.3 is 0 Å². The lowest BCUT2D eigenvalue weighted by Crippen LogP contribution is -2.35. The highest BCUT2D eigenvalue weighted by Crippen LogP contribution is 2.17. The Morgan fingerprint density at radius 2 is 2.05 bits per heavy atom. The standard InChI is InChI=1S/C15H21ClFNO2/c1-2-3-4-5-8-18(9-10-19)15(20)13-11-12(16)6-7-14(13)17/h6-7,11,19H,2-5,8-10H2,1H3. The van der Waals surface area contributed by atoms with E-state index in [1.165, 1.54) is 23.1 Å². The molecule has 0 heterocycles. The van der Waals surface area contributed by atoms with Gasteiger partial charge in [0.1, 0.15) is 5.82 Å². The predicted molar refractivity (Wildman–Crippen MR) is 78.5 cm³/mol. The third-order valence-electron chi connectivity index (χ3n) is 3.10. The summed E-state index contributed by atoms with van der Waals surface area (Å²) in [7, 11) is 0. The Labute approximate surface area is 124 Å². The third kappa shape index (κ3) is 5.10. The summed E-state index contributed by atoms with van der Waals surface area (Å²) in [6.07, 6.45) is 4.08. The van der Waals surface area contributed by atoms with Crippen molar-refractivity contribution in [2.45, 2.75) is 32.6 Å². The number of aliphatic hydroxyl groups excluding tert-OH is 1. The summed E-state index contributed by atoms with van der Waals surface area (Å²) >= 11 is 5.80. The van der Waals surface area contributed by atoms with E-state index in [4.69, 9.17) is 16.7 Å². The highest BCUT2D eigenvalue weighted by atomic mass is 35.5. The van der Waals surface area contributed by atoms with E-state index in [2.05, 4.69) is 6.92 Å². The maximum Gasteiger partial charge on any atom is 0.256 e. The minimum absolute atomic E-state index is 0.0403. The molecule has 1 amide bonds. The fourth-order valence-electron chi connectivity index (χ4n) is 2.00. The van der Waals surface area contributed by atoms with Crippen molar-refractivity contribution in [1.29, 1.82) is 0 Å². The molecule has 0 radical (unpaired) electrons. The topological polar surface area (TPSA) is 40.5 Å². The Bertz CT molecular complexity index is 440. The molecule has 0 fully saturated rings. The highest BCUT2D eigenvalue weighted by molar-refractivity contribution is 6.30. The van der Waals surface area contributed by atoms with Crippen LogP contribution in [0.2, 0.25) is 5.02 Å². The number of hydrogen-bond acceptors (Lipinski definition) is 2.